The van der Waals surface area contributed by atoms with E-state index in [2.05, 4.69) is 21.2 Å². The van der Waals surface area contributed by atoms with Crippen molar-refractivity contribution < 1.29 is 26.8 Å². The normalized spacial score (nSPS) is 22.0. The molecular weight excluding hydrogens is 372 g/mol. The average Bonchev–Trinajstić information content (AvgIpc) is 3.19. The maximum Gasteiger partial charge on any atom is 0.418 e. The van der Waals surface area contributed by atoms with E-state index in [1.807, 2.05) is 0 Å². The van der Waals surface area contributed by atoms with Gasteiger partial charge in [-0.2, -0.15) is 13.5 Å². The number of thiazole rings is 1. The SMILES string of the molecule is C=C(C(=O)NC1C(=O)N(OS(=O)(=O)O)C12CCCC2)c1csc(N)n1. The van der Waals surface area contributed by atoms with Gasteiger partial charge in [0.05, 0.1) is 11.3 Å². The number of hydrogen-bond donors (Lipinski definition) is 3. The number of carbonyl (C=O) groups excluding carboxylic acids is 2. The van der Waals surface area contributed by atoms with Gasteiger partial charge in [0, 0.05) is 5.38 Å². The molecule has 1 aromatic rings. The van der Waals surface area contributed by atoms with Crippen molar-refractivity contribution in [3.05, 3.63) is 17.7 Å². The Labute approximate surface area is 147 Å². The summed E-state index contributed by atoms with van der Waals surface area (Å²) in [5.74, 6) is -1.36. The van der Waals surface area contributed by atoms with Crippen LogP contribution in [-0.2, 0) is 24.3 Å². The largest absolute Gasteiger partial charge is 0.418 e. The van der Waals surface area contributed by atoms with Crippen molar-refractivity contribution in [1.82, 2.24) is 15.4 Å². The minimum absolute atomic E-state index is 0.0445. The van der Waals surface area contributed by atoms with Gasteiger partial charge in [0.1, 0.15) is 11.6 Å². The third kappa shape index (κ3) is 3.13. The first kappa shape index (κ1) is 17.8. The molecule has 0 bridgehead atoms. The van der Waals surface area contributed by atoms with Crippen molar-refractivity contribution in [1.29, 1.82) is 0 Å². The molecule has 136 valence electrons. The molecule has 2 aliphatic rings. The molecule has 1 atom stereocenters. The van der Waals surface area contributed by atoms with Crippen LogP contribution >= 0.6 is 11.3 Å². The third-order valence-corrected chi connectivity index (χ3v) is 5.42. The first-order valence-electron chi connectivity index (χ1n) is 7.36. The lowest BCUT2D eigenvalue weighted by molar-refractivity contribution is -0.225. The van der Waals surface area contributed by atoms with Gasteiger partial charge in [-0.15, -0.1) is 15.6 Å². The first-order chi connectivity index (χ1) is 11.6. The highest BCUT2D eigenvalue weighted by Gasteiger charge is 2.64. The number of amides is 2. The summed E-state index contributed by atoms with van der Waals surface area (Å²) in [6, 6.07) is -0.961. The molecule has 4 N–H and O–H groups in total. The topological polar surface area (TPSA) is 152 Å². The van der Waals surface area contributed by atoms with E-state index >= 15 is 0 Å². The highest BCUT2D eigenvalue weighted by Crippen LogP contribution is 2.46. The standard InChI is InChI=1S/C13H16N4O6S2/c1-7(8-6-24-12(14)15-8)10(18)16-9-11(19)17(23-25(20,21)22)13(9)4-2-3-5-13/h6,9H,1-5H2,(H2,14,15)(H,16,18)(H,20,21,22). The molecule has 10 nitrogen and oxygen atoms in total. The van der Waals surface area contributed by atoms with Gasteiger partial charge in [0.2, 0.25) is 0 Å². The minimum atomic E-state index is -4.84. The lowest BCUT2D eigenvalue weighted by atomic mass is 9.79. The second kappa shape index (κ2) is 6.05. The summed E-state index contributed by atoms with van der Waals surface area (Å²) in [6.07, 6.45) is 2.34. The molecular formula is C13H16N4O6S2. The van der Waals surface area contributed by atoms with Crippen molar-refractivity contribution in [3.63, 3.8) is 0 Å². The highest BCUT2D eigenvalue weighted by atomic mass is 32.3. The monoisotopic (exact) mass is 388 g/mol. The predicted octanol–water partition coefficient (Wildman–Crippen LogP) is 0.113. The minimum Gasteiger partial charge on any atom is -0.375 e. The van der Waals surface area contributed by atoms with E-state index in [-0.39, 0.29) is 10.7 Å². The summed E-state index contributed by atoms with van der Waals surface area (Å²) in [4.78, 5) is 28.6. The number of carbonyl (C=O) groups is 2. The summed E-state index contributed by atoms with van der Waals surface area (Å²) in [5, 5.41) is 5.05. The second-order valence-electron chi connectivity index (χ2n) is 5.90. The number of hydrogen-bond acceptors (Lipinski definition) is 8. The quantitative estimate of drug-likeness (QED) is 0.365. The Morgan fingerprint density at radius 2 is 2.16 bits per heavy atom. The molecule has 0 aromatic carbocycles. The Kier molecular flexibility index (Phi) is 4.31. The number of nitrogens with one attached hydrogen (secondary N) is 1. The number of aromatic nitrogens is 1. The van der Waals surface area contributed by atoms with Crippen molar-refractivity contribution in [2.45, 2.75) is 37.3 Å². The number of rotatable bonds is 5. The summed E-state index contributed by atoms with van der Waals surface area (Å²) in [5.41, 5.74) is 4.88. The predicted molar refractivity (Wildman–Crippen MR) is 88.2 cm³/mol. The van der Waals surface area contributed by atoms with Crippen LogP contribution in [-0.4, -0.2) is 46.4 Å². The molecule has 2 fully saturated rings. The zero-order chi connectivity index (χ0) is 18.4. The fraction of sp³-hybridized carbons (Fsp3) is 0.462. The summed E-state index contributed by atoms with van der Waals surface area (Å²) in [7, 11) is -4.84. The third-order valence-electron chi connectivity index (χ3n) is 4.41. The van der Waals surface area contributed by atoms with Gasteiger partial charge in [-0.25, -0.2) is 4.98 Å². The lowest BCUT2D eigenvalue weighted by Crippen LogP contribution is -2.78. The van der Waals surface area contributed by atoms with Crippen LogP contribution in [0, 0.1) is 0 Å². The van der Waals surface area contributed by atoms with E-state index in [9.17, 15) is 18.0 Å². The van der Waals surface area contributed by atoms with Crippen LogP contribution in [0.5, 0.6) is 0 Å². The molecule has 1 aliphatic heterocycles. The van der Waals surface area contributed by atoms with E-state index < -0.39 is 33.8 Å². The van der Waals surface area contributed by atoms with E-state index in [1.54, 1.807) is 5.38 Å². The maximum absolute atomic E-state index is 12.4. The van der Waals surface area contributed by atoms with Crippen LogP contribution < -0.4 is 11.1 Å². The van der Waals surface area contributed by atoms with Crippen LogP contribution in [0.4, 0.5) is 5.13 Å². The number of nitrogen functional groups attached to an aromatic ring is 1. The molecule has 1 aliphatic carbocycles. The van der Waals surface area contributed by atoms with Gasteiger partial charge in [0.25, 0.3) is 11.8 Å². The fourth-order valence-corrected chi connectivity index (χ4v) is 4.25. The van der Waals surface area contributed by atoms with Crippen molar-refractivity contribution >= 4 is 44.3 Å². The number of anilines is 1. The number of β-lactam (4-membered cyclic amide) rings is 1. The second-order valence-corrected chi connectivity index (χ2v) is 7.80. The van der Waals surface area contributed by atoms with E-state index in [4.69, 9.17) is 10.3 Å². The molecule has 1 spiro atoms. The molecule has 2 amide bonds. The van der Waals surface area contributed by atoms with Gasteiger partial charge in [0.15, 0.2) is 5.13 Å². The van der Waals surface area contributed by atoms with E-state index in [1.165, 1.54) is 0 Å². The molecule has 1 saturated heterocycles. The van der Waals surface area contributed by atoms with Crippen LogP contribution in [0.15, 0.2) is 12.0 Å². The van der Waals surface area contributed by atoms with Crippen molar-refractivity contribution in [2.24, 2.45) is 0 Å². The summed E-state index contributed by atoms with van der Waals surface area (Å²) < 4.78 is 35.2. The Morgan fingerprint density at radius 1 is 1.52 bits per heavy atom. The van der Waals surface area contributed by atoms with Crippen LogP contribution in [0.25, 0.3) is 5.57 Å². The highest BCUT2D eigenvalue weighted by molar-refractivity contribution is 7.80. The van der Waals surface area contributed by atoms with Crippen LogP contribution in [0.3, 0.4) is 0 Å². The zero-order valence-electron chi connectivity index (χ0n) is 13.0. The first-order valence-corrected chi connectivity index (χ1v) is 9.61. The smallest absolute Gasteiger partial charge is 0.375 e. The average molecular weight is 388 g/mol. The van der Waals surface area contributed by atoms with Gasteiger partial charge >= 0.3 is 10.4 Å². The molecule has 1 unspecified atom stereocenters. The van der Waals surface area contributed by atoms with E-state index in [0.29, 0.717) is 23.6 Å². The van der Waals surface area contributed by atoms with Gasteiger partial charge in [-0.05, 0) is 12.8 Å². The fourth-order valence-electron chi connectivity index (χ4n) is 3.26. The molecule has 12 heteroatoms. The Balaban J connectivity index is 1.76. The van der Waals surface area contributed by atoms with Crippen LogP contribution in [0.2, 0.25) is 0 Å². The maximum atomic E-state index is 12.4. The molecule has 0 radical (unpaired) electrons. The Morgan fingerprint density at radius 3 is 2.68 bits per heavy atom. The lowest BCUT2D eigenvalue weighted by Gasteiger charge is -2.52. The molecule has 1 aromatic heterocycles. The Hall–Kier alpha value is -2.02. The number of nitrogens with two attached hydrogens (primary N) is 1. The van der Waals surface area contributed by atoms with E-state index in [0.717, 1.165) is 24.2 Å². The molecule has 3 rings (SSSR count). The number of hydroxylamine groups is 2. The van der Waals surface area contributed by atoms with Gasteiger partial charge in [-0.1, -0.05) is 19.4 Å². The molecule has 25 heavy (non-hydrogen) atoms. The zero-order valence-corrected chi connectivity index (χ0v) is 14.6. The summed E-state index contributed by atoms with van der Waals surface area (Å²) >= 11 is 1.15. The van der Waals surface area contributed by atoms with Crippen LogP contribution in [0.1, 0.15) is 31.4 Å². The van der Waals surface area contributed by atoms with Gasteiger partial charge in [-0.3, -0.25) is 14.1 Å². The number of nitrogens with zero attached hydrogens (tertiary/aromatic N) is 2. The molecule has 2 heterocycles. The van der Waals surface area contributed by atoms with Crippen molar-refractivity contribution in [2.75, 3.05) is 5.73 Å². The summed E-state index contributed by atoms with van der Waals surface area (Å²) in [6.45, 7) is 3.65. The van der Waals surface area contributed by atoms with Crippen molar-refractivity contribution in [3.8, 4) is 0 Å². The Bertz CT molecular complexity index is 842. The van der Waals surface area contributed by atoms with Gasteiger partial charge < -0.3 is 11.1 Å². The molecule has 1 saturated carbocycles.